The molecule has 0 saturated carbocycles. The normalized spacial score (nSPS) is 31.3. The number of amides is 1. The van der Waals surface area contributed by atoms with Crippen molar-refractivity contribution in [2.45, 2.75) is 45.3 Å². The van der Waals surface area contributed by atoms with Crippen molar-refractivity contribution in [3.8, 4) is 0 Å². The van der Waals surface area contributed by atoms with Crippen LogP contribution in [0.15, 0.2) is 0 Å². The molecule has 1 rings (SSSR count). The van der Waals surface area contributed by atoms with Crippen molar-refractivity contribution >= 4 is 17.7 Å². The van der Waals surface area contributed by atoms with Gasteiger partial charge in [-0.2, -0.15) is 11.8 Å². The van der Waals surface area contributed by atoms with Crippen LogP contribution in [-0.4, -0.2) is 41.1 Å². The fourth-order valence-electron chi connectivity index (χ4n) is 1.99. The van der Waals surface area contributed by atoms with Crippen molar-refractivity contribution in [3.63, 3.8) is 0 Å². The van der Waals surface area contributed by atoms with Crippen molar-refractivity contribution < 1.29 is 4.79 Å². The molecular weight excluding hydrogens is 208 g/mol. The van der Waals surface area contributed by atoms with E-state index in [-0.39, 0.29) is 17.6 Å². The summed E-state index contributed by atoms with van der Waals surface area (Å²) in [6.07, 6.45) is 4.15. The number of hydrogen-bond acceptors (Lipinski definition) is 3. The van der Waals surface area contributed by atoms with E-state index in [1.54, 1.807) is 11.8 Å². The Bertz CT molecular complexity index is 235. The highest BCUT2D eigenvalue weighted by Crippen LogP contribution is 2.24. The predicted octanol–water partition coefficient (Wildman–Crippen LogP) is 1.69. The highest BCUT2D eigenvalue weighted by molar-refractivity contribution is 7.98. The van der Waals surface area contributed by atoms with Crippen molar-refractivity contribution in [2.75, 3.05) is 18.6 Å². The van der Waals surface area contributed by atoms with Gasteiger partial charge >= 0.3 is 0 Å². The average molecular weight is 230 g/mol. The maximum absolute atomic E-state index is 12.2. The fraction of sp³-hybridized carbons (Fsp3) is 0.909. The number of carbonyl (C=O) groups excluding carboxylic acids is 1. The Morgan fingerprint density at radius 3 is 2.67 bits per heavy atom. The number of thioether (sulfide) groups is 1. The fourth-order valence-corrected chi connectivity index (χ4v) is 2.37. The molecular formula is C11H22N2OS. The van der Waals surface area contributed by atoms with E-state index in [1.807, 2.05) is 11.8 Å². The maximum atomic E-state index is 12.2. The van der Waals surface area contributed by atoms with E-state index in [4.69, 9.17) is 0 Å². The minimum atomic E-state index is -0.334. The van der Waals surface area contributed by atoms with Crippen LogP contribution >= 0.6 is 11.8 Å². The number of hydrogen-bond donors (Lipinski definition) is 1. The summed E-state index contributed by atoms with van der Waals surface area (Å²) in [4.78, 5) is 14.2. The summed E-state index contributed by atoms with van der Waals surface area (Å²) in [7, 11) is 0. The Kier molecular flexibility index (Phi) is 4.46. The zero-order valence-electron chi connectivity index (χ0n) is 10.2. The molecule has 0 aromatic rings. The molecule has 0 aromatic heterocycles. The molecule has 1 heterocycles. The lowest BCUT2D eigenvalue weighted by Crippen LogP contribution is -2.43. The first-order valence-electron chi connectivity index (χ1n) is 5.66. The molecule has 1 aliphatic rings. The Labute approximate surface area is 97.0 Å². The molecule has 1 amide bonds. The van der Waals surface area contributed by atoms with Crippen molar-refractivity contribution in [1.29, 1.82) is 0 Å². The van der Waals surface area contributed by atoms with Gasteiger partial charge in [-0.1, -0.05) is 13.8 Å². The van der Waals surface area contributed by atoms with E-state index < -0.39 is 0 Å². The Balaban J connectivity index is 2.72. The summed E-state index contributed by atoms with van der Waals surface area (Å²) >= 11 is 1.79. The molecule has 2 atom stereocenters. The quantitative estimate of drug-likeness (QED) is 0.780. The lowest BCUT2D eigenvalue weighted by atomic mass is 9.99. The van der Waals surface area contributed by atoms with Crippen LogP contribution in [0.2, 0.25) is 0 Å². The van der Waals surface area contributed by atoms with Gasteiger partial charge in [-0.3, -0.25) is 10.1 Å². The van der Waals surface area contributed by atoms with Crippen LogP contribution in [0.4, 0.5) is 0 Å². The minimum absolute atomic E-state index is 0.231. The monoisotopic (exact) mass is 230 g/mol. The summed E-state index contributed by atoms with van der Waals surface area (Å²) in [5.74, 6) is 1.29. The van der Waals surface area contributed by atoms with Gasteiger partial charge in [0.25, 0.3) is 0 Å². The molecule has 1 aliphatic heterocycles. The van der Waals surface area contributed by atoms with Gasteiger partial charge in [0.1, 0.15) is 0 Å². The average Bonchev–Trinajstić information content (AvgIpc) is 2.50. The topological polar surface area (TPSA) is 32.3 Å². The second-order valence-corrected chi connectivity index (χ2v) is 5.23. The zero-order valence-corrected chi connectivity index (χ0v) is 11.0. The van der Waals surface area contributed by atoms with E-state index in [1.165, 1.54) is 0 Å². The second-order valence-electron chi connectivity index (χ2n) is 4.25. The molecule has 88 valence electrons. The van der Waals surface area contributed by atoms with Gasteiger partial charge in [0.2, 0.25) is 5.91 Å². The third-order valence-corrected chi connectivity index (χ3v) is 3.82. The largest absolute Gasteiger partial charge is 0.325 e. The summed E-state index contributed by atoms with van der Waals surface area (Å²) in [5.41, 5.74) is -0.334. The molecule has 1 saturated heterocycles. The van der Waals surface area contributed by atoms with Gasteiger partial charge in [0, 0.05) is 12.3 Å². The Hall–Kier alpha value is -0.220. The number of nitrogens with zero attached hydrogens (tertiary/aromatic N) is 1. The van der Waals surface area contributed by atoms with Gasteiger partial charge in [-0.25, -0.2) is 0 Å². The number of carbonyl (C=O) groups is 1. The SMILES string of the molecule is CCC1NC(C)(CC)C(=O)N1CCSC. The summed E-state index contributed by atoms with van der Waals surface area (Å²) in [6, 6.07) is 0. The van der Waals surface area contributed by atoms with Crippen LogP contribution in [0.5, 0.6) is 0 Å². The highest BCUT2D eigenvalue weighted by Gasteiger charge is 2.45. The van der Waals surface area contributed by atoms with E-state index in [2.05, 4.69) is 25.4 Å². The number of nitrogens with one attached hydrogen (secondary N) is 1. The molecule has 15 heavy (non-hydrogen) atoms. The molecule has 0 bridgehead atoms. The van der Waals surface area contributed by atoms with Crippen molar-refractivity contribution in [3.05, 3.63) is 0 Å². The molecule has 0 spiro atoms. The van der Waals surface area contributed by atoms with Crippen LogP contribution < -0.4 is 5.32 Å². The first kappa shape index (κ1) is 12.8. The first-order chi connectivity index (χ1) is 7.09. The molecule has 0 radical (unpaired) electrons. The lowest BCUT2D eigenvalue weighted by molar-refractivity contribution is -0.132. The summed E-state index contributed by atoms with van der Waals surface area (Å²) in [6.45, 7) is 7.06. The molecule has 4 heteroatoms. The van der Waals surface area contributed by atoms with Crippen molar-refractivity contribution in [1.82, 2.24) is 10.2 Å². The third kappa shape index (κ3) is 2.48. The molecule has 2 unspecified atom stereocenters. The first-order valence-corrected chi connectivity index (χ1v) is 7.06. The van der Waals surface area contributed by atoms with Gasteiger partial charge < -0.3 is 4.90 Å². The van der Waals surface area contributed by atoms with E-state index in [0.717, 1.165) is 25.1 Å². The minimum Gasteiger partial charge on any atom is -0.325 e. The lowest BCUT2D eigenvalue weighted by Gasteiger charge is -2.22. The van der Waals surface area contributed by atoms with Gasteiger partial charge in [0.05, 0.1) is 11.7 Å². The summed E-state index contributed by atoms with van der Waals surface area (Å²) in [5, 5.41) is 3.44. The number of rotatable bonds is 5. The zero-order chi connectivity index (χ0) is 11.5. The molecule has 3 nitrogen and oxygen atoms in total. The molecule has 0 aliphatic carbocycles. The van der Waals surface area contributed by atoms with E-state index in [9.17, 15) is 4.79 Å². The van der Waals surface area contributed by atoms with E-state index in [0.29, 0.717) is 0 Å². The molecule has 0 aromatic carbocycles. The van der Waals surface area contributed by atoms with Crippen molar-refractivity contribution in [2.24, 2.45) is 0 Å². The molecule has 1 fully saturated rings. The Morgan fingerprint density at radius 1 is 1.53 bits per heavy atom. The van der Waals surface area contributed by atoms with Crippen LogP contribution in [0.1, 0.15) is 33.6 Å². The van der Waals surface area contributed by atoms with Crippen LogP contribution in [-0.2, 0) is 4.79 Å². The summed E-state index contributed by atoms with van der Waals surface area (Å²) < 4.78 is 0. The van der Waals surface area contributed by atoms with Gasteiger partial charge in [-0.05, 0) is 26.0 Å². The third-order valence-electron chi connectivity index (χ3n) is 3.22. The van der Waals surface area contributed by atoms with Gasteiger partial charge in [-0.15, -0.1) is 0 Å². The smallest absolute Gasteiger partial charge is 0.243 e. The van der Waals surface area contributed by atoms with Crippen LogP contribution in [0.25, 0.3) is 0 Å². The van der Waals surface area contributed by atoms with Gasteiger partial charge in [0.15, 0.2) is 0 Å². The standard InChI is InChI=1S/C11H22N2OS/c1-5-9-12-11(3,6-2)10(14)13(9)7-8-15-4/h9,12H,5-8H2,1-4H3. The van der Waals surface area contributed by atoms with E-state index >= 15 is 0 Å². The van der Waals surface area contributed by atoms with Crippen LogP contribution in [0, 0.1) is 0 Å². The maximum Gasteiger partial charge on any atom is 0.243 e. The predicted molar refractivity (Wildman–Crippen MR) is 66.0 cm³/mol. The van der Waals surface area contributed by atoms with Crippen LogP contribution in [0.3, 0.4) is 0 Å². The molecule has 1 N–H and O–H groups in total. The second kappa shape index (κ2) is 5.21. The highest BCUT2D eigenvalue weighted by atomic mass is 32.2. The Morgan fingerprint density at radius 2 is 2.20 bits per heavy atom.